The summed E-state index contributed by atoms with van der Waals surface area (Å²) in [7, 11) is 0. The minimum atomic E-state index is -0.126. The highest BCUT2D eigenvalue weighted by atomic mass is 16.2. The summed E-state index contributed by atoms with van der Waals surface area (Å²) >= 11 is 0. The Kier molecular flexibility index (Phi) is 6.08. The lowest BCUT2D eigenvalue weighted by atomic mass is 9.85. The van der Waals surface area contributed by atoms with E-state index in [9.17, 15) is 9.59 Å². The van der Waals surface area contributed by atoms with E-state index in [2.05, 4.69) is 31.1 Å². The monoisotopic (exact) mass is 376 g/mol. The number of pyridine rings is 1. The van der Waals surface area contributed by atoms with Gasteiger partial charge in [-0.2, -0.15) is 0 Å². The minimum absolute atomic E-state index is 0.0471. The largest absolute Gasteiger partial charge is 0.349 e. The molecule has 1 heterocycles. The van der Waals surface area contributed by atoms with Gasteiger partial charge in [-0.1, -0.05) is 57.2 Å². The molecule has 1 atom stereocenters. The van der Waals surface area contributed by atoms with Crippen molar-refractivity contribution in [1.29, 1.82) is 0 Å². The minimum Gasteiger partial charge on any atom is -0.349 e. The van der Waals surface area contributed by atoms with Crippen LogP contribution in [-0.4, -0.2) is 16.7 Å². The zero-order chi connectivity index (χ0) is 20.1. The van der Waals surface area contributed by atoms with Crippen LogP contribution < -0.4 is 5.32 Å². The molecule has 1 N–H and O–H groups in total. The van der Waals surface area contributed by atoms with Gasteiger partial charge in [0.25, 0.3) is 0 Å². The van der Waals surface area contributed by atoms with Gasteiger partial charge < -0.3 is 5.32 Å². The summed E-state index contributed by atoms with van der Waals surface area (Å²) < 4.78 is 0. The highest BCUT2D eigenvalue weighted by molar-refractivity contribution is 6.10. The molecule has 0 aliphatic heterocycles. The van der Waals surface area contributed by atoms with Crippen LogP contribution in [0.4, 0.5) is 0 Å². The maximum absolute atomic E-state index is 12.9. The van der Waals surface area contributed by atoms with E-state index in [0.29, 0.717) is 18.4 Å². The molecule has 1 aromatic carbocycles. The third-order valence-electron chi connectivity index (χ3n) is 5.00. The number of benzene rings is 1. The molecular formula is C24H28N2O2. The van der Waals surface area contributed by atoms with E-state index in [4.69, 9.17) is 0 Å². The number of carbonyl (C=O) groups excluding carboxylic acids is 2. The third kappa shape index (κ3) is 5.16. The highest BCUT2D eigenvalue weighted by Gasteiger charge is 2.27. The first-order valence-corrected chi connectivity index (χ1v) is 9.83. The average Bonchev–Trinajstić information content (AvgIpc) is 3.02. The second kappa shape index (κ2) is 8.51. The van der Waals surface area contributed by atoms with E-state index in [1.807, 2.05) is 42.5 Å². The summed E-state index contributed by atoms with van der Waals surface area (Å²) in [4.78, 5) is 29.5. The standard InChI is InChI=1S/C24H28N2O2/c1-24(2,3)15-21(18-10-7-13-25-16-18)26-23(28)14-20-19(11-12-22(20)27)17-8-5-4-6-9-17/h4-10,13,16,21H,11-12,14-15H2,1-3H3,(H,26,28). The molecule has 2 aromatic rings. The van der Waals surface area contributed by atoms with Gasteiger partial charge >= 0.3 is 0 Å². The van der Waals surface area contributed by atoms with Gasteiger partial charge in [-0.05, 0) is 41.0 Å². The second-order valence-corrected chi connectivity index (χ2v) is 8.59. The van der Waals surface area contributed by atoms with Crippen molar-refractivity contribution < 1.29 is 9.59 Å². The van der Waals surface area contributed by atoms with Crippen molar-refractivity contribution in [1.82, 2.24) is 10.3 Å². The Hall–Kier alpha value is -2.75. The number of amides is 1. The molecule has 146 valence electrons. The molecule has 4 heteroatoms. The quantitative estimate of drug-likeness (QED) is 0.781. The van der Waals surface area contributed by atoms with Crippen LogP contribution in [-0.2, 0) is 9.59 Å². The summed E-state index contributed by atoms with van der Waals surface area (Å²) in [5.41, 5.74) is 3.74. The van der Waals surface area contributed by atoms with Crippen molar-refractivity contribution in [2.24, 2.45) is 5.41 Å². The Balaban J connectivity index is 1.79. The molecule has 1 aromatic heterocycles. The van der Waals surface area contributed by atoms with Gasteiger partial charge in [0.05, 0.1) is 12.5 Å². The summed E-state index contributed by atoms with van der Waals surface area (Å²) in [6, 6.07) is 13.6. The Morgan fingerprint density at radius 3 is 2.50 bits per heavy atom. The number of hydrogen-bond acceptors (Lipinski definition) is 3. The molecule has 0 spiro atoms. The molecule has 0 saturated carbocycles. The fourth-order valence-corrected chi connectivity index (χ4v) is 3.72. The molecule has 1 amide bonds. The number of rotatable bonds is 6. The number of nitrogens with one attached hydrogen (secondary N) is 1. The molecule has 1 unspecified atom stereocenters. The number of ketones is 1. The number of nitrogens with zero attached hydrogens (tertiary/aromatic N) is 1. The van der Waals surface area contributed by atoms with Crippen LogP contribution in [0.5, 0.6) is 0 Å². The van der Waals surface area contributed by atoms with Crippen molar-refractivity contribution in [3.63, 3.8) is 0 Å². The van der Waals surface area contributed by atoms with Crippen LogP contribution in [0.3, 0.4) is 0 Å². The lowest BCUT2D eigenvalue weighted by Gasteiger charge is -2.27. The van der Waals surface area contributed by atoms with Crippen molar-refractivity contribution in [2.45, 2.75) is 52.5 Å². The Labute approximate surface area is 167 Å². The van der Waals surface area contributed by atoms with E-state index in [1.54, 1.807) is 12.4 Å². The van der Waals surface area contributed by atoms with Gasteiger partial charge in [-0.15, -0.1) is 0 Å². The molecule has 0 fully saturated rings. The number of aromatic nitrogens is 1. The predicted molar refractivity (Wildman–Crippen MR) is 111 cm³/mol. The topological polar surface area (TPSA) is 59.1 Å². The van der Waals surface area contributed by atoms with Gasteiger partial charge in [0, 0.05) is 24.4 Å². The molecule has 0 saturated heterocycles. The number of hydrogen-bond donors (Lipinski definition) is 1. The maximum Gasteiger partial charge on any atom is 0.225 e. The predicted octanol–water partition coefficient (Wildman–Crippen LogP) is 4.88. The molecule has 28 heavy (non-hydrogen) atoms. The van der Waals surface area contributed by atoms with Crippen LogP contribution in [0.1, 0.15) is 63.6 Å². The Bertz CT molecular complexity index is 864. The summed E-state index contributed by atoms with van der Waals surface area (Å²) in [6.07, 6.45) is 5.65. The highest BCUT2D eigenvalue weighted by Crippen LogP contribution is 2.34. The maximum atomic E-state index is 12.9. The summed E-state index contributed by atoms with van der Waals surface area (Å²) in [6.45, 7) is 6.46. The number of carbonyl (C=O) groups is 2. The molecule has 0 bridgehead atoms. The lowest BCUT2D eigenvalue weighted by molar-refractivity contribution is -0.123. The van der Waals surface area contributed by atoms with Gasteiger partial charge in [0.15, 0.2) is 5.78 Å². The first-order chi connectivity index (χ1) is 13.3. The van der Waals surface area contributed by atoms with Gasteiger partial charge in [0.1, 0.15) is 0 Å². The third-order valence-corrected chi connectivity index (χ3v) is 5.00. The van der Waals surface area contributed by atoms with Crippen LogP contribution in [0.15, 0.2) is 60.4 Å². The molecular weight excluding hydrogens is 348 g/mol. The van der Waals surface area contributed by atoms with Crippen LogP contribution >= 0.6 is 0 Å². The zero-order valence-corrected chi connectivity index (χ0v) is 16.9. The fraction of sp³-hybridized carbons (Fsp3) is 0.375. The van der Waals surface area contributed by atoms with E-state index < -0.39 is 0 Å². The van der Waals surface area contributed by atoms with Gasteiger partial charge in [-0.25, -0.2) is 0 Å². The Morgan fingerprint density at radius 1 is 1.11 bits per heavy atom. The van der Waals surface area contributed by atoms with Crippen LogP contribution in [0, 0.1) is 5.41 Å². The van der Waals surface area contributed by atoms with Crippen molar-refractivity contribution in [3.05, 3.63) is 71.6 Å². The molecule has 1 aliphatic carbocycles. The molecule has 3 rings (SSSR count). The van der Waals surface area contributed by atoms with Crippen molar-refractivity contribution in [2.75, 3.05) is 0 Å². The van der Waals surface area contributed by atoms with Crippen molar-refractivity contribution >= 4 is 17.3 Å². The second-order valence-electron chi connectivity index (χ2n) is 8.59. The molecule has 0 radical (unpaired) electrons. The Morgan fingerprint density at radius 2 is 1.86 bits per heavy atom. The van der Waals surface area contributed by atoms with Crippen LogP contribution in [0.25, 0.3) is 5.57 Å². The molecule has 4 nitrogen and oxygen atoms in total. The normalized spacial score (nSPS) is 15.6. The van der Waals surface area contributed by atoms with E-state index >= 15 is 0 Å². The van der Waals surface area contributed by atoms with Crippen LogP contribution in [0.2, 0.25) is 0 Å². The average molecular weight is 377 g/mol. The lowest BCUT2D eigenvalue weighted by Crippen LogP contribution is -2.32. The van der Waals surface area contributed by atoms with Crippen molar-refractivity contribution in [3.8, 4) is 0 Å². The van der Waals surface area contributed by atoms with E-state index in [1.165, 1.54) is 0 Å². The zero-order valence-electron chi connectivity index (χ0n) is 16.9. The first kappa shape index (κ1) is 20.0. The van der Waals surface area contributed by atoms with E-state index in [0.717, 1.165) is 23.1 Å². The number of Topliss-reactive ketones (excluding diaryl/α,β-unsaturated/α-hetero) is 1. The SMILES string of the molecule is CC(C)(C)CC(NC(=O)CC1=C(c2ccccc2)CCC1=O)c1cccnc1. The fourth-order valence-electron chi connectivity index (χ4n) is 3.72. The first-order valence-electron chi connectivity index (χ1n) is 9.83. The number of allylic oxidation sites excluding steroid dienone is 1. The summed E-state index contributed by atoms with van der Waals surface area (Å²) in [5.74, 6) is -0.0282. The smallest absolute Gasteiger partial charge is 0.225 e. The van der Waals surface area contributed by atoms with E-state index in [-0.39, 0.29) is 29.6 Å². The summed E-state index contributed by atoms with van der Waals surface area (Å²) in [5, 5.41) is 3.14. The van der Waals surface area contributed by atoms with Gasteiger partial charge in [-0.3, -0.25) is 14.6 Å². The van der Waals surface area contributed by atoms with Gasteiger partial charge in [0.2, 0.25) is 5.91 Å². The molecule has 1 aliphatic rings.